The summed E-state index contributed by atoms with van der Waals surface area (Å²) in [5, 5.41) is 0. The van der Waals surface area contributed by atoms with Crippen LogP contribution in [-0.4, -0.2) is 37.2 Å². The lowest BCUT2D eigenvalue weighted by atomic mass is 9.70. The number of nitrogens with zero attached hydrogens (tertiary/aromatic N) is 1. The first-order valence-corrected chi connectivity index (χ1v) is 11.0. The van der Waals surface area contributed by atoms with Crippen LogP contribution >= 0.6 is 0 Å². The molecular formula is C23H45NO. The second-order valence-electron chi connectivity index (χ2n) is 11.1. The van der Waals surface area contributed by atoms with Gasteiger partial charge < -0.3 is 9.64 Å². The number of likely N-dealkylation sites (tertiary alicyclic amines) is 1. The van der Waals surface area contributed by atoms with E-state index in [0.717, 1.165) is 18.4 Å². The van der Waals surface area contributed by atoms with Gasteiger partial charge in [0.05, 0.1) is 6.10 Å². The van der Waals surface area contributed by atoms with E-state index in [9.17, 15) is 0 Å². The van der Waals surface area contributed by atoms with Gasteiger partial charge in [-0.05, 0) is 74.0 Å². The third-order valence-electron chi connectivity index (χ3n) is 6.55. The molecule has 0 aromatic carbocycles. The lowest BCUT2D eigenvalue weighted by Crippen LogP contribution is -2.40. The molecule has 25 heavy (non-hydrogen) atoms. The average molecular weight is 352 g/mol. The zero-order valence-electron chi connectivity index (χ0n) is 18.1. The van der Waals surface area contributed by atoms with Gasteiger partial charge in [-0.3, -0.25) is 0 Å². The first-order valence-electron chi connectivity index (χ1n) is 11.0. The second-order valence-corrected chi connectivity index (χ2v) is 11.1. The molecule has 1 saturated heterocycles. The number of ether oxygens (including phenoxy) is 1. The van der Waals surface area contributed by atoms with Crippen LogP contribution in [0.4, 0.5) is 0 Å². The summed E-state index contributed by atoms with van der Waals surface area (Å²) >= 11 is 0. The van der Waals surface area contributed by atoms with Gasteiger partial charge in [-0.25, -0.2) is 0 Å². The van der Waals surface area contributed by atoms with Crippen LogP contribution in [0.5, 0.6) is 0 Å². The third-order valence-corrected chi connectivity index (χ3v) is 6.55. The molecular weight excluding hydrogens is 306 g/mol. The monoisotopic (exact) mass is 351 g/mol. The van der Waals surface area contributed by atoms with Gasteiger partial charge in [-0.1, -0.05) is 41.5 Å². The summed E-state index contributed by atoms with van der Waals surface area (Å²) in [5.74, 6) is 1.89. The van der Waals surface area contributed by atoms with E-state index in [0.29, 0.717) is 16.9 Å². The zero-order valence-corrected chi connectivity index (χ0v) is 18.1. The van der Waals surface area contributed by atoms with E-state index in [-0.39, 0.29) is 0 Å². The number of rotatable bonds is 6. The second kappa shape index (κ2) is 9.22. The molecule has 0 aromatic rings. The molecule has 0 aromatic heterocycles. The molecule has 2 fully saturated rings. The smallest absolute Gasteiger partial charge is 0.0599 e. The maximum atomic E-state index is 6.14. The molecule has 1 aliphatic heterocycles. The highest BCUT2D eigenvalue weighted by atomic mass is 16.5. The summed E-state index contributed by atoms with van der Waals surface area (Å²) in [5.41, 5.74) is 0.951. The summed E-state index contributed by atoms with van der Waals surface area (Å²) in [7, 11) is 0. The third kappa shape index (κ3) is 7.99. The van der Waals surface area contributed by atoms with Crippen LogP contribution in [0.25, 0.3) is 0 Å². The fourth-order valence-corrected chi connectivity index (χ4v) is 4.69. The van der Waals surface area contributed by atoms with Crippen LogP contribution in [0.1, 0.15) is 92.9 Å². The van der Waals surface area contributed by atoms with Crippen molar-refractivity contribution in [2.75, 3.05) is 26.2 Å². The summed E-state index contributed by atoms with van der Waals surface area (Å²) < 4.78 is 6.14. The van der Waals surface area contributed by atoms with Crippen molar-refractivity contribution in [3.63, 3.8) is 0 Å². The Labute approximate surface area is 158 Å². The van der Waals surface area contributed by atoms with E-state index in [1.54, 1.807) is 0 Å². The normalized spacial score (nSPS) is 27.6. The molecule has 148 valence electrons. The number of hydrogen-bond acceptors (Lipinski definition) is 2. The Balaban J connectivity index is 1.57. The van der Waals surface area contributed by atoms with E-state index in [1.165, 1.54) is 71.0 Å². The van der Waals surface area contributed by atoms with Gasteiger partial charge in [-0.15, -0.1) is 0 Å². The molecule has 0 unspecified atom stereocenters. The Morgan fingerprint density at radius 3 is 1.96 bits per heavy atom. The summed E-state index contributed by atoms with van der Waals surface area (Å²) in [4.78, 5) is 2.72. The fourth-order valence-electron chi connectivity index (χ4n) is 4.69. The molecule has 2 heteroatoms. The van der Waals surface area contributed by atoms with Gasteiger partial charge in [0.2, 0.25) is 0 Å². The van der Waals surface area contributed by atoms with Crippen LogP contribution in [0.15, 0.2) is 0 Å². The van der Waals surface area contributed by atoms with E-state index in [4.69, 9.17) is 4.74 Å². The van der Waals surface area contributed by atoms with Gasteiger partial charge in [0.25, 0.3) is 0 Å². The topological polar surface area (TPSA) is 12.5 Å². The minimum atomic E-state index is 0.443. The predicted octanol–water partition coefficient (Wildman–Crippen LogP) is 6.15. The van der Waals surface area contributed by atoms with Crippen LogP contribution in [-0.2, 0) is 4.74 Å². The van der Waals surface area contributed by atoms with Crippen LogP contribution in [0.2, 0.25) is 0 Å². The largest absolute Gasteiger partial charge is 0.378 e. The fraction of sp³-hybridized carbons (Fsp3) is 1.00. The van der Waals surface area contributed by atoms with Crippen molar-refractivity contribution in [2.24, 2.45) is 22.7 Å². The van der Waals surface area contributed by atoms with Crippen molar-refractivity contribution in [2.45, 2.75) is 99.0 Å². The summed E-state index contributed by atoms with van der Waals surface area (Å²) in [6, 6.07) is 0. The number of piperidine rings is 1. The van der Waals surface area contributed by atoms with Crippen LogP contribution in [0, 0.1) is 22.7 Å². The Hall–Kier alpha value is -0.0800. The highest BCUT2D eigenvalue weighted by molar-refractivity contribution is 4.83. The van der Waals surface area contributed by atoms with Crippen molar-refractivity contribution >= 4 is 0 Å². The van der Waals surface area contributed by atoms with Gasteiger partial charge in [0.1, 0.15) is 0 Å². The molecule has 0 radical (unpaired) electrons. The molecule has 2 rings (SSSR count). The van der Waals surface area contributed by atoms with E-state index in [1.807, 2.05) is 0 Å². The quantitative estimate of drug-likeness (QED) is 0.532. The first kappa shape index (κ1) is 21.2. The Kier molecular flexibility index (Phi) is 7.83. The first-order chi connectivity index (χ1) is 11.6. The van der Waals surface area contributed by atoms with E-state index < -0.39 is 0 Å². The summed E-state index contributed by atoms with van der Waals surface area (Å²) in [6.07, 6.45) is 11.3. The van der Waals surface area contributed by atoms with Crippen molar-refractivity contribution < 1.29 is 4.74 Å². The number of hydrogen-bond donors (Lipinski definition) is 0. The maximum absolute atomic E-state index is 6.14. The van der Waals surface area contributed by atoms with Crippen molar-refractivity contribution in [1.82, 2.24) is 4.90 Å². The highest BCUT2D eigenvalue weighted by Crippen LogP contribution is 2.40. The van der Waals surface area contributed by atoms with Crippen LogP contribution < -0.4 is 0 Å². The molecule has 1 saturated carbocycles. The van der Waals surface area contributed by atoms with Crippen molar-refractivity contribution in [3.05, 3.63) is 0 Å². The molecule has 2 nitrogen and oxygen atoms in total. The zero-order chi connectivity index (χ0) is 18.5. The van der Waals surface area contributed by atoms with Gasteiger partial charge in [0.15, 0.2) is 0 Å². The molecule has 0 amide bonds. The predicted molar refractivity (Wildman–Crippen MR) is 109 cm³/mol. The van der Waals surface area contributed by atoms with Gasteiger partial charge in [0, 0.05) is 26.2 Å². The van der Waals surface area contributed by atoms with E-state index in [2.05, 4.69) is 46.4 Å². The average Bonchev–Trinajstić information content (AvgIpc) is 2.52. The van der Waals surface area contributed by atoms with Gasteiger partial charge >= 0.3 is 0 Å². The molecule has 2 aliphatic rings. The minimum Gasteiger partial charge on any atom is -0.378 e. The van der Waals surface area contributed by atoms with Crippen molar-refractivity contribution in [3.8, 4) is 0 Å². The maximum Gasteiger partial charge on any atom is 0.0599 e. The molecule has 1 aliphatic carbocycles. The molecule has 0 N–H and O–H groups in total. The SMILES string of the molecule is CC(C)(C)CCCOC1CCN(CC2CCC(C(C)(C)C)CC2)CC1. The molecule has 1 heterocycles. The Morgan fingerprint density at radius 2 is 1.44 bits per heavy atom. The van der Waals surface area contributed by atoms with Crippen molar-refractivity contribution in [1.29, 1.82) is 0 Å². The van der Waals surface area contributed by atoms with Crippen LogP contribution in [0.3, 0.4) is 0 Å². The standard InChI is InChI=1S/C23H45NO/c1-22(2,3)14-7-17-25-21-12-15-24(16-13-21)18-19-8-10-20(11-9-19)23(4,5)6/h19-21H,7-18H2,1-6H3. The minimum absolute atomic E-state index is 0.443. The molecule has 0 bridgehead atoms. The lowest BCUT2D eigenvalue weighted by molar-refractivity contribution is -0.00138. The van der Waals surface area contributed by atoms with Gasteiger partial charge in [-0.2, -0.15) is 0 Å². The molecule has 0 atom stereocenters. The Bertz CT molecular complexity index is 363. The molecule has 0 spiro atoms. The highest BCUT2D eigenvalue weighted by Gasteiger charge is 2.31. The lowest BCUT2D eigenvalue weighted by Gasteiger charge is -2.40. The summed E-state index contributed by atoms with van der Waals surface area (Å²) in [6.45, 7) is 19.0. The Morgan fingerprint density at radius 1 is 0.840 bits per heavy atom. The van der Waals surface area contributed by atoms with E-state index >= 15 is 0 Å².